The molecule has 0 bridgehead atoms. The summed E-state index contributed by atoms with van der Waals surface area (Å²) >= 11 is 6.07. The standard InChI is InChI=1S/C14H20ClN/c1-2-14(11-6-8-16-9-7-11)12-4-3-5-13(15)10-12/h3-5,10-11,14,16H,2,6-9H2,1H3. The van der Waals surface area contributed by atoms with Crippen molar-refractivity contribution in [2.45, 2.75) is 32.1 Å². The number of hydrogen-bond donors (Lipinski definition) is 1. The van der Waals surface area contributed by atoms with Crippen molar-refractivity contribution in [1.29, 1.82) is 0 Å². The predicted octanol–water partition coefficient (Wildman–Crippen LogP) is 3.83. The Morgan fingerprint density at radius 1 is 1.38 bits per heavy atom. The lowest BCUT2D eigenvalue weighted by molar-refractivity contribution is 0.312. The van der Waals surface area contributed by atoms with E-state index < -0.39 is 0 Å². The fourth-order valence-electron chi connectivity index (χ4n) is 2.83. The summed E-state index contributed by atoms with van der Waals surface area (Å²) in [5.41, 5.74) is 1.42. The molecule has 88 valence electrons. The lowest BCUT2D eigenvalue weighted by atomic mass is 9.79. The molecule has 1 aromatic rings. The van der Waals surface area contributed by atoms with E-state index in [2.05, 4.69) is 30.4 Å². The van der Waals surface area contributed by atoms with Crippen LogP contribution >= 0.6 is 11.6 Å². The van der Waals surface area contributed by atoms with Crippen molar-refractivity contribution in [1.82, 2.24) is 5.32 Å². The highest BCUT2D eigenvalue weighted by Gasteiger charge is 2.23. The number of piperidine rings is 1. The molecule has 0 spiro atoms. The van der Waals surface area contributed by atoms with E-state index in [0.717, 1.165) is 10.9 Å². The summed E-state index contributed by atoms with van der Waals surface area (Å²) in [5, 5.41) is 4.30. The van der Waals surface area contributed by atoms with Crippen LogP contribution in [0.2, 0.25) is 5.02 Å². The summed E-state index contributed by atoms with van der Waals surface area (Å²) in [6.07, 6.45) is 3.81. The normalized spacial score (nSPS) is 19.6. The third-order valence-corrected chi connectivity index (χ3v) is 3.90. The second kappa shape index (κ2) is 5.70. The van der Waals surface area contributed by atoms with Gasteiger partial charge in [-0.15, -0.1) is 0 Å². The van der Waals surface area contributed by atoms with Crippen molar-refractivity contribution in [2.75, 3.05) is 13.1 Å². The van der Waals surface area contributed by atoms with E-state index in [1.54, 1.807) is 0 Å². The largest absolute Gasteiger partial charge is 0.317 e. The van der Waals surface area contributed by atoms with Crippen LogP contribution in [-0.4, -0.2) is 13.1 Å². The monoisotopic (exact) mass is 237 g/mol. The van der Waals surface area contributed by atoms with Crippen LogP contribution in [0.25, 0.3) is 0 Å². The zero-order valence-electron chi connectivity index (χ0n) is 9.88. The van der Waals surface area contributed by atoms with Gasteiger partial charge in [-0.3, -0.25) is 0 Å². The molecule has 1 N–H and O–H groups in total. The quantitative estimate of drug-likeness (QED) is 0.843. The van der Waals surface area contributed by atoms with Crippen molar-refractivity contribution >= 4 is 11.6 Å². The molecule has 1 heterocycles. The van der Waals surface area contributed by atoms with Crippen LogP contribution in [0.1, 0.15) is 37.7 Å². The fraction of sp³-hybridized carbons (Fsp3) is 0.571. The highest BCUT2D eigenvalue weighted by Crippen LogP contribution is 2.34. The molecular weight excluding hydrogens is 218 g/mol. The topological polar surface area (TPSA) is 12.0 Å². The first-order chi connectivity index (χ1) is 7.81. The van der Waals surface area contributed by atoms with Crippen LogP contribution in [-0.2, 0) is 0 Å². The van der Waals surface area contributed by atoms with E-state index >= 15 is 0 Å². The molecule has 1 unspecified atom stereocenters. The summed E-state index contributed by atoms with van der Waals surface area (Å²) in [7, 11) is 0. The molecule has 0 saturated carbocycles. The van der Waals surface area contributed by atoms with Crippen molar-refractivity contribution in [3.05, 3.63) is 34.9 Å². The van der Waals surface area contributed by atoms with Crippen LogP contribution in [0.5, 0.6) is 0 Å². The summed E-state index contributed by atoms with van der Waals surface area (Å²) in [6.45, 7) is 4.62. The van der Waals surface area contributed by atoms with Gasteiger partial charge in [0.25, 0.3) is 0 Å². The van der Waals surface area contributed by atoms with Crippen LogP contribution in [0, 0.1) is 5.92 Å². The van der Waals surface area contributed by atoms with Gasteiger partial charge in [0.05, 0.1) is 0 Å². The second-order valence-electron chi connectivity index (χ2n) is 4.66. The molecule has 1 aliphatic heterocycles. The number of rotatable bonds is 3. The lowest BCUT2D eigenvalue weighted by Crippen LogP contribution is -2.30. The average molecular weight is 238 g/mol. The Morgan fingerprint density at radius 2 is 2.12 bits per heavy atom. The maximum Gasteiger partial charge on any atom is 0.0408 e. The number of hydrogen-bond acceptors (Lipinski definition) is 1. The average Bonchev–Trinajstić information content (AvgIpc) is 2.31. The summed E-state index contributed by atoms with van der Waals surface area (Å²) in [4.78, 5) is 0. The molecule has 0 amide bonds. The third kappa shape index (κ3) is 2.78. The lowest BCUT2D eigenvalue weighted by Gasteiger charge is -2.30. The molecule has 1 atom stereocenters. The fourth-order valence-corrected chi connectivity index (χ4v) is 3.02. The minimum Gasteiger partial charge on any atom is -0.317 e. The molecule has 1 fully saturated rings. The Morgan fingerprint density at radius 3 is 2.75 bits per heavy atom. The molecule has 2 rings (SSSR count). The van der Waals surface area contributed by atoms with E-state index in [-0.39, 0.29) is 0 Å². The Balaban J connectivity index is 2.14. The van der Waals surface area contributed by atoms with Crippen molar-refractivity contribution in [3.63, 3.8) is 0 Å². The van der Waals surface area contributed by atoms with Gasteiger partial charge in [-0.05, 0) is 61.9 Å². The van der Waals surface area contributed by atoms with E-state index in [1.165, 1.54) is 37.9 Å². The molecule has 0 radical (unpaired) electrons. The van der Waals surface area contributed by atoms with Crippen LogP contribution in [0.3, 0.4) is 0 Å². The number of benzene rings is 1. The Bertz CT molecular complexity index is 331. The van der Waals surface area contributed by atoms with Gasteiger partial charge >= 0.3 is 0 Å². The third-order valence-electron chi connectivity index (χ3n) is 3.67. The van der Waals surface area contributed by atoms with E-state index in [9.17, 15) is 0 Å². The maximum atomic E-state index is 6.07. The predicted molar refractivity (Wildman–Crippen MR) is 70.1 cm³/mol. The van der Waals surface area contributed by atoms with E-state index in [0.29, 0.717) is 5.92 Å². The minimum atomic E-state index is 0.681. The Hall–Kier alpha value is -0.530. The molecule has 1 saturated heterocycles. The molecule has 0 aliphatic carbocycles. The molecule has 0 aromatic heterocycles. The van der Waals surface area contributed by atoms with Crippen molar-refractivity contribution in [3.8, 4) is 0 Å². The Kier molecular flexibility index (Phi) is 4.25. The second-order valence-corrected chi connectivity index (χ2v) is 5.09. The highest BCUT2D eigenvalue weighted by atomic mass is 35.5. The minimum absolute atomic E-state index is 0.681. The number of nitrogens with one attached hydrogen (secondary N) is 1. The van der Waals surface area contributed by atoms with Crippen molar-refractivity contribution < 1.29 is 0 Å². The summed E-state index contributed by atoms with van der Waals surface area (Å²) < 4.78 is 0. The maximum absolute atomic E-state index is 6.07. The van der Waals surface area contributed by atoms with Gasteiger partial charge in [-0.25, -0.2) is 0 Å². The molecule has 1 nitrogen and oxygen atoms in total. The zero-order valence-corrected chi connectivity index (χ0v) is 10.6. The molecule has 1 aliphatic rings. The SMILES string of the molecule is CCC(c1cccc(Cl)c1)C1CCNCC1. The summed E-state index contributed by atoms with van der Waals surface area (Å²) in [6, 6.07) is 8.39. The van der Waals surface area contributed by atoms with E-state index in [4.69, 9.17) is 11.6 Å². The van der Waals surface area contributed by atoms with Gasteiger partial charge in [-0.2, -0.15) is 0 Å². The highest BCUT2D eigenvalue weighted by molar-refractivity contribution is 6.30. The molecule has 2 heteroatoms. The molecule has 1 aromatic carbocycles. The summed E-state index contributed by atoms with van der Waals surface area (Å²) in [5.74, 6) is 1.51. The molecular formula is C14H20ClN. The van der Waals surface area contributed by atoms with Crippen LogP contribution in [0.4, 0.5) is 0 Å². The molecule has 16 heavy (non-hydrogen) atoms. The first-order valence-electron chi connectivity index (χ1n) is 6.27. The van der Waals surface area contributed by atoms with Gasteiger partial charge in [-0.1, -0.05) is 30.7 Å². The van der Waals surface area contributed by atoms with Gasteiger partial charge in [0.1, 0.15) is 0 Å². The zero-order chi connectivity index (χ0) is 11.4. The van der Waals surface area contributed by atoms with Crippen molar-refractivity contribution in [2.24, 2.45) is 5.92 Å². The number of halogens is 1. The first kappa shape index (κ1) is 11.9. The van der Waals surface area contributed by atoms with Gasteiger partial charge in [0.2, 0.25) is 0 Å². The smallest absolute Gasteiger partial charge is 0.0408 e. The van der Waals surface area contributed by atoms with Gasteiger partial charge < -0.3 is 5.32 Å². The Labute approximate surface area is 103 Å². The first-order valence-corrected chi connectivity index (χ1v) is 6.65. The van der Waals surface area contributed by atoms with Gasteiger partial charge in [0, 0.05) is 5.02 Å². The van der Waals surface area contributed by atoms with Crippen LogP contribution < -0.4 is 5.32 Å². The van der Waals surface area contributed by atoms with Crippen LogP contribution in [0.15, 0.2) is 24.3 Å². The van der Waals surface area contributed by atoms with Gasteiger partial charge in [0.15, 0.2) is 0 Å². The van der Waals surface area contributed by atoms with E-state index in [1.807, 2.05) is 6.07 Å².